The van der Waals surface area contributed by atoms with E-state index >= 15 is 0 Å². The number of nitrogens with zero attached hydrogens (tertiary/aromatic N) is 2. The first-order valence-corrected chi connectivity index (χ1v) is 6.38. The zero-order chi connectivity index (χ0) is 12.5. The van der Waals surface area contributed by atoms with E-state index in [1.54, 1.807) is 7.11 Å². The number of rotatable bonds is 7. The molecular formula is C13H17BrN2O. The number of ether oxygens (including phenoxy) is 1. The highest BCUT2D eigenvalue weighted by atomic mass is 79.9. The maximum Gasteiger partial charge on any atom is 0.0635 e. The minimum absolute atomic E-state index is 0.556. The molecule has 0 spiro atoms. The maximum atomic E-state index is 8.63. The fourth-order valence-electron chi connectivity index (χ4n) is 1.55. The Bertz CT molecular complexity index is 359. The van der Waals surface area contributed by atoms with E-state index in [2.05, 4.69) is 39.0 Å². The van der Waals surface area contributed by atoms with Gasteiger partial charge in [-0.25, -0.2) is 0 Å². The van der Waals surface area contributed by atoms with Crippen LogP contribution in [0.25, 0.3) is 0 Å². The Labute approximate surface area is 111 Å². The van der Waals surface area contributed by atoms with Crippen LogP contribution in [-0.2, 0) is 11.3 Å². The Morgan fingerprint density at radius 1 is 1.29 bits per heavy atom. The van der Waals surface area contributed by atoms with E-state index in [9.17, 15) is 0 Å². The van der Waals surface area contributed by atoms with Gasteiger partial charge in [0.25, 0.3) is 0 Å². The molecule has 0 fully saturated rings. The van der Waals surface area contributed by atoms with Gasteiger partial charge in [0, 0.05) is 37.6 Å². The van der Waals surface area contributed by atoms with Gasteiger partial charge in [-0.3, -0.25) is 4.90 Å². The molecule has 0 aliphatic rings. The van der Waals surface area contributed by atoms with Gasteiger partial charge in [0.15, 0.2) is 0 Å². The Kier molecular flexibility index (Phi) is 6.87. The van der Waals surface area contributed by atoms with Gasteiger partial charge in [-0.05, 0) is 17.7 Å². The average Bonchev–Trinajstić information content (AvgIpc) is 2.35. The molecule has 0 aliphatic heterocycles. The summed E-state index contributed by atoms with van der Waals surface area (Å²) in [5.74, 6) is 0. The standard InChI is InChI=1S/C13H17BrN2O/c1-17-10-9-16(8-2-7-15)11-12-3-5-13(14)6-4-12/h3-6H,2,8-11H2,1H3. The third-order valence-electron chi connectivity index (χ3n) is 2.47. The monoisotopic (exact) mass is 296 g/mol. The lowest BCUT2D eigenvalue weighted by Crippen LogP contribution is -2.27. The minimum atomic E-state index is 0.556. The largest absolute Gasteiger partial charge is 0.383 e. The average molecular weight is 297 g/mol. The van der Waals surface area contributed by atoms with Gasteiger partial charge in [0.05, 0.1) is 12.7 Å². The number of nitriles is 1. The van der Waals surface area contributed by atoms with Crippen LogP contribution in [0.15, 0.2) is 28.7 Å². The van der Waals surface area contributed by atoms with E-state index in [1.807, 2.05) is 12.1 Å². The van der Waals surface area contributed by atoms with E-state index < -0.39 is 0 Å². The fraction of sp³-hybridized carbons (Fsp3) is 0.462. The van der Waals surface area contributed by atoms with Gasteiger partial charge in [0.1, 0.15) is 0 Å². The molecular weight excluding hydrogens is 280 g/mol. The minimum Gasteiger partial charge on any atom is -0.383 e. The molecule has 1 aromatic carbocycles. The van der Waals surface area contributed by atoms with Gasteiger partial charge < -0.3 is 4.74 Å². The summed E-state index contributed by atoms with van der Waals surface area (Å²) in [6.07, 6.45) is 0.556. The second-order valence-electron chi connectivity index (χ2n) is 3.80. The lowest BCUT2D eigenvalue weighted by Gasteiger charge is -2.20. The zero-order valence-electron chi connectivity index (χ0n) is 10.0. The molecule has 0 saturated heterocycles. The molecule has 4 heteroatoms. The number of methoxy groups -OCH3 is 1. The Hall–Kier alpha value is -0.890. The molecule has 0 atom stereocenters. The van der Waals surface area contributed by atoms with Crippen molar-refractivity contribution in [3.8, 4) is 6.07 Å². The molecule has 0 saturated carbocycles. The Balaban J connectivity index is 2.52. The van der Waals surface area contributed by atoms with E-state index in [0.717, 1.165) is 24.1 Å². The number of benzene rings is 1. The van der Waals surface area contributed by atoms with Crippen LogP contribution in [0.3, 0.4) is 0 Å². The number of halogens is 1. The predicted molar refractivity (Wildman–Crippen MR) is 71.5 cm³/mol. The maximum absolute atomic E-state index is 8.63. The summed E-state index contributed by atoms with van der Waals surface area (Å²) in [4.78, 5) is 2.23. The molecule has 1 rings (SSSR count). The molecule has 0 bridgehead atoms. The quantitative estimate of drug-likeness (QED) is 0.776. The summed E-state index contributed by atoms with van der Waals surface area (Å²) in [5.41, 5.74) is 1.25. The number of hydrogen-bond acceptors (Lipinski definition) is 3. The first-order chi connectivity index (χ1) is 8.26. The molecule has 0 amide bonds. The van der Waals surface area contributed by atoms with Gasteiger partial charge in [-0.1, -0.05) is 28.1 Å². The zero-order valence-corrected chi connectivity index (χ0v) is 11.6. The molecule has 1 aromatic rings. The lowest BCUT2D eigenvalue weighted by atomic mass is 10.2. The first-order valence-electron chi connectivity index (χ1n) is 5.59. The van der Waals surface area contributed by atoms with Crippen LogP contribution in [0.1, 0.15) is 12.0 Å². The van der Waals surface area contributed by atoms with Crippen molar-refractivity contribution in [1.29, 1.82) is 5.26 Å². The summed E-state index contributed by atoms with van der Waals surface area (Å²) in [6.45, 7) is 3.20. The summed E-state index contributed by atoms with van der Waals surface area (Å²) in [7, 11) is 1.70. The summed E-state index contributed by atoms with van der Waals surface area (Å²) >= 11 is 3.42. The van der Waals surface area contributed by atoms with Crippen molar-refractivity contribution in [3.05, 3.63) is 34.3 Å². The van der Waals surface area contributed by atoms with Crippen molar-refractivity contribution < 1.29 is 4.74 Å². The second kappa shape index (κ2) is 8.24. The topological polar surface area (TPSA) is 36.3 Å². The van der Waals surface area contributed by atoms with Crippen molar-refractivity contribution in [2.75, 3.05) is 26.8 Å². The van der Waals surface area contributed by atoms with Crippen LogP contribution in [0.4, 0.5) is 0 Å². The van der Waals surface area contributed by atoms with Crippen LogP contribution >= 0.6 is 15.9 Å². The van der Waals surface area contributed by atoms with Crippen LogP contribution in [0.5, 0.6) is 0 Å². The number of hydrogen-bond donors (Lipinski definition) is 0. The highest BCUT2D eigenvalue weighted by molar-refractivity contribution is 9.10. The van der Waals surface area contributed by atoms with E-state index in [-0.39, 0.29) is 0 Å². The molecule has 17 heavy (non-hydrogen) atoms. The molecule has 3 nitrogen and oxygen atoms in total. The smallest absolute Gasteiger partial charge is 0.0635 e. The van der Waals surface area contributed by atoms with Gasteiger partial charge in [0.2, 0.25) is 0 Å². The van der Waals surface area contributed by atoms with Gasteiger partial charge >= 0.3 is 0 Å². The van der Waals surface area contributed by atoms with Crippen LogP contribution in [-0.4, -0.2) is 31.7 Å². The molecule has 92 valence electrons. The molecule has 0 N–H and O–H groups in total. The molecule has 0 unspecified atom stereocenters. The molecule has 0 heterocycles. The Morgan fingerprint density at radius 2 is 2.00 bits per heavy atom. The SMILES string of the molecule is COCCN(CCC#N)Cc1ccc(Br)cc1. The van der Waals surface area contributed by atoms with Gasteiger partial charge in [-0.15, -0.1) is 0 Å². The Morgan fingerprint density at radius 3 is 2.59 bits per heavy atom. The van der Waals surface area contributed by atoms with Crippen LogP contribution < -0.4 is 0 Å². The highest BCUT2D eigenvalue weighted by Crippen LogP contribution is 2.12. The lowest BCUT2D eigenvalue weighted by molar-refractivity contribution is 0.145. The van der Waals surface area contributed by atoms with Crippen LogP contribution in [0.2, 0.25) is 0 Å². The van der Waals surface area contributed by atoms with Gasteiger partial charge in [-0.2, -0.15) is 5.26 Å². The predicted octanol–water partition coefficient (Wildman–Crippen LogP) is 2.81. The van der Waals surface area contributed by atoms with E-state index in [4.69, 9.17) is 10.00 Å². The summed E-state index contributed by atoms with van der Waals surface area (Å²) < 4.78 is 6.16. The third kappa shape index (κ3) is 5.83. The molecule has 0 radical (unpaired) electrons. The van der Waals surface area contributed by atoms with E-state index in [1.165, 1.54) is 5.56 Å². The summed E-state index contributed by atoms with van der Waals surface area (Å²) in [6, 6.07) is 10.4. The molecule has 0 aromatic heterocycles. The molecule has 0 aliphatic carbocycles. The third-order valence-corrected chi connectivity index (χ3v) is 3.00. The second-order valence-corrected chi connectivity index (χ2v) is 4.72. The highest BCUT2D eigenvalue weighted by Gasteiger charge is 2.05. The van der Waals surface area contributed by atoms with Crippen molar-refractivity contribution in [2.45, 2.75) is 13.0 Å². The van der Waals surface area contributed by atoms with Crippen molar-refractivity contribution in [2.24, 2.45) is 0 Å². The fourth-order valence-corrected chi connectivity index (χ4v) is 1.81. The van der Waals surface area contributed by atoms with Crippen molar-refractivity contribution in [3.63, 3.8) is 0 Å². The normalized spacial score (nSPS) is 10.5. The van der Waals surface area contributed by atoms with Crippen molar-refractivity contribution in [1.82, 2.24) is 4.90 Å². The van der Waals surface area contributed by atoms with E-state index in [0.29, 0.717) is 13.0 Å². The summed E-state index contributed by atoms with van der Waals surface area (Å²) in [5, 5.41) is 8.63. The first kappa shape index (κ1) is 14.2. The van der Waals surface area contributed by atoms with Crippen LogP contribution in [0, 0.1) is 11.3 Å². The van der Waals surface area contributed by atoms with Crippen molar-refractivity contribution >= 4 is 15.9 Å².